The second kappa shape index (κ2) is 9.16. The highest BCUT2D eigenvalue weighted by Gasteiger charge is 2.34. The van der Waals surface area contributed by atoms with Gasteiger partial charge in [0.1, 0.15) is 6.67 Å². The fourth-order valence-electron chi connectivity index (χ4n) is 4.65. The number of likely N-dealkylation sites (N-methyl/N-ethyl adjacent to an activating group) is 1. The molecule has 6 nitrogen and oxygen atoms in total. The quantitative estimate of drug-likeness (QED) is 0.534. The molecule has 0 spiro atoms. The van der Waals surface area contributed by atoms with Crippen LogP contribution in [0.1, 0.15) is 42.6 Å². The first-order chi connectivity index (χ1) is 15.3. The van der Waals surface area contributed by atoms with Gasteiger partial charge in [0, 0.05) is 25.0 Å². The van der Waals surface area contributed by atoms with Crippen LogP contribution in [0.2, 0.25) is 0 Å². The lowest BCUT2D eigenvalue weighted by atomic mass is 10.0. The molecular formula is C25H33FN4O2. The number of aryl methyl sites for hydroxylation is 2. The zero-order chi connectivity index (χ0) is 23.0. The number of nitrogens with zero attached hydrogens (tertiary/aromatic N) is 4. The number of hydrogen-bond acceptors (Lipinski definition) is 5. The molecule has 0 saturated carbocycles. The summed E-state index contributed by atoms with van der Waals surface area (Å²) in [7, 11) is 3.73. The molecule has 7 heteroatoms. The third-order valence-electron chi connectivity index (χ3n) is 6.29. The Hall–Kier alpha value is -2.51. The van der Waals surface area contributed by atoms with Crippen molar-refractivity contribution >= 4 is 11.0 Å². The van der Waals surface area contributed by atoms with E-state index in [-0.39, 0.29) is 18.8 Å². The molecule has 3 aromatic rings. The van der Waals surface area contributed by atoms with Gasteiger partial charge in [-0.25, -0.2) is 14.4 Å². The second-order valence-corrected chi connectivity index (χ2v) is 9.08. The Labute approximate surface area is 189 Å². The summed E-state index contributed by atoms with van der Waals surface area (Å²) in [5.74, 6) is 0.920. The van der Waals surface area contributed by atoms with Crippen molar-refractivity contribution in [2.24, 2.45) is 0 Å². The van der Waals surface area contributed by atoms with Crippen LogP contribution in [0.15, 0.2) is 24.4 Å². The number of alkyl halides is 1. The molecule has 2 atom stereocenters. The number of rotatable bonds is 7. The Balaban J connectivity index is 1.79. The normalized spacial score (nSPS) is 19.4. The summed E-state index contributed by atoms with van der Waals surface area (Å²) >= 11 is 0. The van der Waals surface area contributed by atoms with E-state index in [1.165, 1.54) is 0 Å². The van der Waals surface area contributed by atoms with E-state index in [0.717, 1.165) is 52.2 Å². The van der Waals surface area contributed by atoms with E-state index in [0.29, 0.717) is 11.8 Å². The van der Waals surface area contributed by atoms with Crippen molar-refractivity contribution in [3.63, 3.8) is 0 Å². The Morgan fingerprint density at radius 1 is 1.16 bits per heavy atom. The summed E-state index contributed by atoms with van der Waals surface area (Å²) < 4.78 is 26.5. The molecule has 1 saturated heterocycles. The van der Waals surface area contributed by atoms with Gasteiger partial charge in [0.2, 0.25) is 5.88 Å². The molecule has 0 aliphatic carbocycles. The highest BCUT2D eigenvalue weighted by molar-refractivity contribution is 5.85. The van der Waals surface area contributed by atoms with Crippen LogP contribution in [-0.4, -0.2) is 66.1 Å². The Morgan fingerprint density at radius 2 is 1.94 bits per heavy atom. The predicted octanol–water partition coefficient (Wildman–Crippen LogP) is 4.69. The summed E-state index contributed by atoms with van der Waals surface area (Å²) in [6.07, 6.45) is 2.10. The van der Waals surface area contributed by atoms with Crippen LogP contribution in [-0.2, 0) is 4.74 Å². The number of aromatic nitrogens is 3. The molecule has 0 unspecified atom stereocenters. The molecule has 172 valence electrons. The van der Waals surface area contributed by atoms with Crippen molar-refractivity contribution in [2.75, 3.05) is 40.5 Å². The van der Waals surface area contributed by atoms with Gasteiger partial charge in [0.05, 0.1) is 48.2 Å². The van der Waals surface area contributed by atoms with Gasteiger partial charge in [-0.1, -0.05) is 13.8 Å². The van der Waals surface area contributed by atoms with Gasteiger partial charge in [-0.15, -0.1) is 0 Å². The highest BCUT2D eigenvalue weighted by Crippen LogP contribution is 2.36. The maximum Gasteiger partial charge on any atom is 0.222 e. The van der Waals surface area contributed by atoms with Crippen molar-refractivity contribution in [2.45, 2.75) is 45.8 Å². The van der Waals surface area contributed by atoms with E-state index in [4.69, 9.17) is 19.4 Å². The lowest BCUT2D eigenvalue weighted by Gasteiger charge is -2.21. The fraction of sp³-hybridized carbons (Fsp3) is 0.520. The van der Waals surface area contributed by atoms with Gasteiger partial charge >= 0.3 is 0 Å². The lowest BCUT2D eigenvalue weighted by molar-refractivity contribution is 0.0311. The van der Waals surface area contributed by atoms with Crippen LogP contribution in [0, 0.1) is 13.8 Å². The Kier molecular flexibility index (Phi) is 6.49. The van der Waals surface area contributed by atoms with Crippen LogP contribution >= 0.6 is 0 Å². The number of hydrogen-bond donors (Lipinski definition) is 0. The molecule has 32 heavy (non-hydrogen) atoms. The van der Waals surface area contributed by atoms with Gasteiger partial charge in [0.25, 0.3) is 0 Å². The number of methoxy groups -OCH3 is 1. The smallest absolute Gasteiger partial charge is 0.222 e. The number of ether oxygens (including phenoxy) is 2. The predicted molar refractivity (Wildman–Crippen MR) is 125 cm³/mol. The van der Waals surface area contributed by atoms with Gasteiger partial charge < -0.3 is 18.9 Å². The first-order valence-corrected chi connectivity index (χ1v) is 11.2. The molecule has 3 aromatic heterocycles. The average Bonchev–Trinajstić information content (AvgIpc) is 3.29. The molecule has 0 bridgehead atoms. The van der Waals surface area contributed by atoms with Gasteiger partial charge in [-0.3, -0.25) is 0 Å². The first kappa shape index (κ1) is 22.7. The molecule has 0 radical (unpaired) electrons. The van der Waals surface area contributed by atoms with E-state index in [9.17, 15) is 4.39 Å². The van der Waals surface area contributed by atoms with Gasteiger partial charge in [-0.2, -0.15) is 0 Å². The third kappa shape index (κ3) is 4.11. The summed E-state index contributed by atoms with van der Waals surface area (Å²) in [6, 6.07) is 6.41. The topological polar surface area (TPSA) is 52.4 Å². The molecule has 4 heterocycles. The monoisotopic (exact) mass is 440 g/mol. The summed E-state index contributed by atoms with van der Waals surface area (Å²) in [6.45, 7) is 9.71. The zero-order valence-corrected chi connectivity index (χ0v) is 19.9. The van der Waals surface area contributed by atoms with E-state index in [2.05, 4.69) is 62.5 Å². The molecule has 1 aliphatic rings. The van der Waals surface area contributed by atoms with Crippen molar-refractivity contribution in [1.82, 2.24) is 19.4 Å². The van der Waals surface area contributed by atoms with Gasteiger partial charge in [-0.05, 0) is 56.1 Å². The molecule has 0 aromatic carbocycles. The minimum Gasteiger partial charge on any atom is -0.480 e. The summed E-state index contributed by atoms with van der Waals surface area (Å²) in [4.78, 5) is 12.0. The minimum atomic E-state index is -0.464. The number of pyridine rings is 2. The Bertz CT molecular complexity index is 1110. The van der Waals surface area contributed by atoms with Crippen molar-refractivity contribution in [1.29, 1.82) is 0 Å². The lowest BCUT2D eigenvalue weighted by Crippen LogP contribution is -2.26. The Morgan fingerprint density at radius 3 is 2.62 bits per heavy atom. The van der Waals surface area contributed by atoms with Crippen molar-refractivity contribution in [3.05, 3.63) is 41.2 Å². The maximum absolute atomic E-state index is 12.7. The SMILES string of the molecule is COc1nc(C(C)C)ccc1-c1nc2c(C)cn([C@@H]3CN(C)C[C@H]3OCCF)c2cc1C. The third-order valence-corrected chi connectivity index (χ3v) is 6.29. The number of likely N-dealkylation sites (tertiary alicyclic amines) is 1. The maximum atomic E-state index is 12.7. The average molecular weight is 441 g/mol. The molecule has 0 amide bonds. The molecule has 0 N–H and O–H groups in total. The standard InChI is InChI=1S/C25H33FN4O2/c1-15(2)19-8-7-18(25(27-19)31-6)23-16(3)11-20-24(28-23)17(4)12-30(20)21-13-29(5)14-22(21)32-10-9-26/h7-8,11-12,15,21-22H,9-10,13-14H2,1-6H3/t21-,22-/m1/s1. The molecular weight excluding hydrogens is 407 g/mol. The van der Waals surface area contributed by atoms with Crippen LogP contribution < -0.4 is 4.74 Å². The van der Waals surface area contributed by atoms with Gasteiger partial charge in [0.15, 0.2) is 0 Å². The van der Waals surface area contributed by atoms with Crippen LogP contribution in [0.5, 0.6) is 5.88 Å². The summed E-state index contributed by atoms with van der Waals surface area (Å²) in [5, 5.41) is 0. The van der Waals surface area contributed by atoms with Crippen molar-refractivity contribution < 1.29 is 13.9 Å². The summed E-state index contributed by atoms with van der Waals surface area (Å²) in [5.41, 5.74) is 6.96. The first-order valence-electron chi connectivity index (χ1n) is 11.2. The van der Waals surface area contributed by atoms with Crippen molar-refractivity contribution in [3.8, 4) is 17.1 Å². The molecule has 4 rings (SSSR count). The molecule has 1 fully saturated rings. The van der Waals surface area contributed by atoms with E-state index >= 15 is 0 Å². The highest BCUT2D eigenvalue weighted by atomic mass is 19.1. The zero-order valence-electron chi connectivity index (χ0n) is 19.9. The largest absolute Gasteiger partial charge is 0.480 e. The molecule has 1 aliphatic heterocycles. The minimum absolute atomic E-state index is 0.0430. The van der Waals surface area contributed by atoms with E-state index in [1.54, 1.807) is 7.11 Å². The van der Waals surface area contributed by atoms with E-state index in [1.807, 2.05) is 6.07 Å². The number of halogens is 1. The van der Waals surface area contributed by atoms with Crippen LogP contribution in [0.3, 0.4) is 0 Å². The van der Waals surface area contributed by atoms with E-state index < -0.39 is 6.67 Å². The van der Waals surface area contributed by atoms with Crippen LogP contribution in [0.4, 0.5) is 4.39 Å². The second-order valence-electron chi connectivity index (χ2n) is 9.08. The van der Waals surface area contributed by atoms with Crippen LogP contribution in [0.25, 0.3) is 22.3 Å². The fourth-order valence-corrected chi connectivity index (χ4v) is 4.65. The number of fused-ring (bicyclic) bond motifs is 1.